The highest BCUT2D eigenvalue weighted by Crippen LogP contribution is 2.16. The van der Waals surface area contributed by atoms with Crippen molar-refractivity contribution in [3.05, 3.63) is 17.0 Å². The number of rotatable bonds is 7. The summed E-state index contributed by atoms with van der Waals surface area (Å²) in [5.74, 6) is 0.0134. The van der Waals surface area contributed by atoms with Crippen LogP contribution in [0.4, 0.5) is 0 Å². The molecule has 0 fully saturated rings. The van der Waals surface area contributed by atoms with Crippen LogP contribution in [0.5, 0.6) is 0 Å². The predicted molar refractivity (Wildman–Crippen MR) is 79.6 cm³/mol. The molecule has 1 aromatic rings. The molecule has 0 spiro atoms. The van der Waals surface area contributed by atoms with Crippen molar-refractivity contribution in [3.63, 3.8) is 0 Å². The number of carbonyl (C=O) groups excluding carboxylic acids is 1. The first-order chi connectivity index (χ1) is 9.86. The van der Waals surface area contributed by atoms with Crippen molar-refractivity contribution in [2.24, 2.45) is 0 Å². The van der Waals surface area contributed by atoms with Gasteiger partial charge in [0.25, 0.3) is 0 Å². The average molecular weight is 292 g/mol. The Balaban J connectivity index is 2.65. The van der Waals surface area contributed by atoms with Crippen LogP contribution in [-0.2, 0) is 17.8 Å². The van der Waals surface area contributed by atoms with Crippen LogP contribution in [0, 0.1) is 25.2 Å². The topological polar surface area (TPSA) is 82.2 Å². The van der Waals surface area contributed by atoms with E-state index in [1.165, 1.54) is 0 Å². The van der Waals surface area contributed by atoms with Gasteiger partial charge in [0.1, 0.15) is 0 Å². The molecular formula is C15H24N4O2. The smallest absolute Gasteiger partial charge is 0.222 e. The summed E-state index contributed by atoms with van der Waals surface area (Å²) in [6.45, 7) is 6.49. The van der Waals surface area contributed by atoms with Gasteiger partial charge in [0.05, 0.1) is 30.8 Å². The Labute approximate surface area is 126 Å². The molecule has 1 amide bonds. The summed E-state index contributed by atoms with van der Waals surface area (Å²) >= 11 is 0. The second-order valence-corrected chi connectivity index (χ2v) is 5.40. The Bertz CT molecular complexity index is 529. The highest BCUT2D eigenvalue weighted by Gasteiger charge is 2.15. The molecule has 1 aromatic heterocycles. The molecule has 0 aliphatic carbocycles. The molecule has 1 heterocycles. The molecular weight excluding hydrogens is 268 g/mol. The van der Waals surface area contributed by atoms with E-state index in [0.717, 1.165) is 17.0 Å². The van der Waals surface area contributed by atoms with Crippen LogP contribution >= 0.6 is 0 Å². The van der Waals surface area contributed by atoms with E-state index >= 15 is 0 Å². The maximum absolute atomic E-state index is 12.0. The van der Waals surface area contributed by atoms with E-state index in [0.29, 0.717) is 32.4 Å². The first-order valence-electron chi connectivity index (χ1n) is 7.18. The number of nitriles is 1. The van der Waals surface area contributed by atoms with Gasteiger partial charge in [-0.25, -0.2) is 0 Å². The van der Waals surface area contributed by atoms with Crippen LogP contribution in [0.25, 0.3) is 0 Å². The molecule has 6 heteroatoms. The van der Waals surface area contributed by atoms with Gasteiger partial charge in [-0.1, -0.05) is 0 Å². The van der Waals surface area contributed by atoms with Crippen molar-refractivity contribution in [2.45, 2.75) is 52.7 Å². The Kier molecular flexibility index (Phi) is 6.38. The van der Waals surface area contributed by atoms with Gasteiger partial charge in [0.15, 0.2) is 0 Å². The predicted octanol–water partition coefficient (Wildman–Crippen LogP) is 1.19. The molecule has 0 aliphatic heterocycles. The second-order valence-electron chi connectivity index (χ2n) is 5.40. The van der Waals surface area contributed by atoms with E-state index in [2.05, 4.69) is 11.2 Å². The minimum atomic E-state index is -0.517. The van der Waals surface area contributed by atoms with Crippen molar-refractivity contribution < 1.29 is 9.90 Å². The van der Waals surface area contributed by atoms with Crippen molar-refractivity contribution in [1.29, 1.82) is 5.26 Å². The maximum Gasteiger partial charge on any atom is 0.222 e. The number of hydrogen-bond acceptors (Lipinski definition) is 4. The first-order valence-corrected chi connectivity index (χ1v) is 7.18. The summed E-state index contributed by atoms with van der Waals surface area (Å²) in [6, 6.07) is 2.11. The van der Waals surface area contributed by atoms with Crippen molar-refractivity contribution in [1.82, 2.24) is 14.7 Å². The molecule has 1 unspecified atom stereocenters. The van der Waals surface area contributed by atoms with Gasteiger partial charge in [-0.3, -0.25) is 9.48 Å². The maximum atomic E-state index is 12.0. The first kappa shape index (κ1) is 17.2. The van der Waals surface area contributed by atoms with Gasteiger partial charge in [0.2, 0.25) is 5.91 Å². The Morgan fingerprint density at radius 3 is 2.76 bits per heavy atom. The largest absolute Gasteiger partial charge is 0.392 e. The molecule has 0 radical (unpaired) electrons. The highest BCUT2D eigenvalue weighted by atomic mass is 16.3. The summed E-state index contributed by atoms with van der Waals surface area (Å²) in [5, 5.41) is 22.4. The lowest BCUT2D eigenvalue weighted by molar-refractivity contribution is -0.131. The molecule has 21 heavy (non-hydrogen) atoms. The van der Waals surface area contributed by atoms with E-state index in [-0.39, 0.29) is 5.91 Å². The lowest BCUT2D eigenvalue weighted by Crippen LogP contribution is -2.33. The summed E-state index contributed by atoms with van der Waals surface area (Å²) < 4.78 is 1.83. The summed E-state index contributed by atoms with van der Waals surface area (Å²) in [4.78, 5) is 13.5. The van der Waals surface area contributed by atoms with Crippen LogP contribution in [0.3, 0.4) is 0 Å². The van der Waals surface area contributed by atoms with Crippen molar-refractivity contribution in [2.75, 3.05) is 13.6 Å². The van der Waals surface area contributed by atoms with Crippen molar-refractivity contribution >= 4 is 5.91 Å². The second kappa shape index (κ2) is 7.79. The number of aromatic nitrogens is 2. The molecule has 1 atom stereocenters. The zero-order valence-electron chi connectivity index (χ0n) is 13.3. The minimum absolute atomic E-state index is 0.0134. The number of carbonyl (C=O) groups is 1. The van der Waals surface area contributed by atoms with Gasteiger partial charge in [-0.2, -0.15) is 10.4 Å². The number of hydrogen-bond donors (Lipinski definition) is 1. The molecule has 1 N–H and O–H groups in total. The number of aliphatic hydroxyl groups is 1. The molecule has 0 aromatic carbocycles. The van der Waals surface area contributed by atoms with Crippen LogP contribution in [0.2, 0.25) is 0 Å². The van der Waals surface area contributed by atoms with Crippen LogP contribution in [0.15, 0.2) is 0 Å². The number of aryl methyl sites for hydroxylation is 2. The van der Waals surface area contributed by atoms with E-state index in [4.69, 9.17) is 5.26 Å². The standard InChI is InChI=1S/C15H24N4O2/c1-11(20)10-18(4)15(21)7-6-14-12(2)17-19(13(14)3)9-5-8-16/h11,20H,5-7,9-10H2,1-4H3. The fourth-order valence-electron chi connectivity index (χ4n) is 2.39. The summed E-state index contributed by atoms with van der Waals surface area (Å²) in [7, 11) is 1.70. The highest BCUT2D eigenvalue weighted by molar-refractivity contribution is 5.76. The third-order valence-corrected chi connectivity index (χ3v) is 3.52. The molecule has 0 aliphatic rings. The van der Waals surface area contributed by atoms with Gasteiger partial charge in [0, 0.05) is 25.7 Å². The van der Waals surface area contributed by atoms with E-state index in [1.54, 1.807) is 18.9 Å². The average Bonchev–Trinajstić information content (AvgIpc) is 2.67. The number of aliphatic hydroxyl groups excluding tert-OH is 1. The lowest BCUT2D eigenvalue weighted by Gasteiger charge is -2.18. The molecule has 0 bridgehead atoms. The van der Waals surface area contributed by atoms with Gasteiger partial charge in [-0.05, 0) is 32.8 Å². The Morgan fingerprint density at radius 1 is 1.52 bits per heavy atom. The van der Waals surface area contributed by atoms with E-state index in [1.807, 2.05) is 18.5 Å². The van der Waals surface area contributed by atoms with E-state index < -0.39 is 6.10 Å². The van der Waals surface area contributed by atoms with Crippen LogP contribution < -0.4 is 0 Å². The zero-order chi connectivity index (χ0) is 16.0. The number of amides is 1. The third-order valence-electron chi connectivity index (χ3n) is 3.52. The lowest BCUT2D eigenvalue weighted by atomic mass is 10.1. The Hall–Kier alpha value is -1.87. The SMILES string of the molecule is Cc1nn(CCC#N)c(C)c1CCC(=O)N(C)CC(C)O. The molecule has 0 saturated carbocycles. The zero-order valence-corrected chi connectivity index (χ0v) is 13.3. The fraction of sp³-hybridized carbons (Fsp3) is 0.667. The monoisotopic (exact) mass is 292 g/mol. The number of nitrogens with zero attached hydrogens (tertiary/aromatic N) is 4. The molecule has 6 nitrogen and oxygen atoms in total. The van der Waals surface area contributed by atoms with Gasteiger partial charge < -0.3 is 10.0 Å². The summed E-state index contributed by atoms with van der Waals surface area (Å²) in [5.41, 5.74) is 3.01. The third kappa shape index (κ3) is 4.87. The van der Waals surface area contributed by atoms with E-state index in [9.17, 15) is 9.90 Å². The normalized spacial score (nSPS) is 12.0. The summed E-state index contributed by atoms with van der Waals surface area (Å²) in [6.07, 6.45) is 0.940. The number of likely N-dealkylation sites (N-methyl/N-ethyl adjacent to an activating group) is 1. The molecule has 1 rings (SSSR count). The molecule has 0 saturated heterocycles. The minimum Gasteiger partial charge on any atom is -0.392 e. The van der Waals surface area contributed by atoms with Crippen molar-refractivity contribution in [3.8, 4) is 6.07 Å². The van der Waals surface area contributed by atoms with Gasteiger partial charge in [-0.15, -0.1) is 0 Å². The Morgan fingerprint density at radius 2 is 2.19 bits per heavy atom. The molecule has 116 valence electrons. The van der Waals surface area contributed by atoms with Gasteiger partial charge >= 0.3 is 0 Å². The van der Waals surface area contributed by atoms with Crippen LogP contribution in [0.1, 0.15) is 36.7 Å². The van der Waals surface area contributed by atoms with Crippen LogP contribution in [-0.4, -0.2) is 45.4 Å². The fourth-order valence-corrected chi connectivity index (χ4v) is 2.39. The quantitative estimate of drug-likeness (QED) is 0.818.